The quantitative estimate of drug-likeness (QED) is 0.741. The van der Waals surface area contributed by atoms with E-state index in [1.165, 1.54) is 11.3 Å². The highest BCUT2D eigenvalue weighted by Gasteiger charge is 2.11. The molecule has 1 atom stereocenters. The average molecular weight is 180 g/mol. The maximum Gasteiger partial charge on any atom is 0.148 e. The van der Waals surface area contributed by atoms with Crippen molar-refractivity contribution in [2.24, 2.45) is 5.73 Å². The molecule has 1 rings (SSSR count). The fourth-order valence-electron chi connectivity index (χ4n) is 0.636. The van der Waals surface area contributed by atoms with Crippen molar-refractivity contribution >= 4 is 22.9 Å². The van der Waals surface area contributed by atoms with Gasteiger partial charge in [0.25, 0.3) is 0 Å². The minimum atomic E-state index is -1.10. The third-order valence-electron chi connectivity index (χ3n) is 1.14. The fraction of sp³-hybridized carbons (Fsp3) is 0.333. The van der Waals surface area contributed by atoms with Gasteiger partial charge < -0.3 is 5.73 Å². The number of hydrogen-bond donors (Lipinski definition) is 1. The van der Waals surface area contributed by atoms with E-state index >= 15 is 0 Å². The third kappa shape index (κ3) is 1.48. The van der Waals surface area contributed by atoms with Crippen LogP contribution in [0.3, 0.4) is 0 Å². The Bertz CT molecular complexity index is 213. The fourth-order valence-corrected chi connectivity index (χ4v) is 1.80. The van der Waals surface area contributed by atoms with Gasteiger partial charge in [-0.1, -0.05) is 11.6 Å². The van der Waals surface area contributed by atoms with E-state index in [0.717, 1.165) is 0 Å². The normalized spacial score (nSPS) is 13.5. The molecule has 1 unspecified atom stereocenters. The third-order valence-corrected chi connectivity index (χ3v) is 2.58. The zero-order chi connectivity index (χ0) is 7.56. The number of hydrogen-bond acceptors (Lipinski definition) is 2. The van der Waals surface area contributed by atoms with Crippen LogP contribution in [0.2, 0.25) is 5.02 Å². The van der Waals surface area contributed by atoms with Gasteiger partial charge in [0.05, 0.1) is 9.90 Å². The van der Waals surface area contributed by atoms with Gasteiger partial charge >= 0.3 is 0 Å². The van der Waals surface area contributed by atoms with E-state index in [0.29, 0.717) is 9.90 Å². The molecule has 0 saturated carbocycles. The molecule has 0 aliphatic heterocycles. The number of alkyl halides is 1. The average Bonchev–Trinajstić information content (AvgIpc) is 2.34. The highest BCUT2D eigenvalue weighted by atomic mass is 35.5. The van der Waals surface area contributed by atoms with Crippen LogP contribution >= 0.6 is 22.9 Å². The molecule has 0 bridgehead atoms. The molecular formula is C6H7ClFNS. The van der Waals surface area contributed by atoms with Crippen molar-refractivity contribution in [3.63, 3.8) is 0 Å². The molecule has 1 aromatic heterocycles. The molecule has 1 heterocycles. The summed E-state index contributed by atoms with van der Waals surface area (Å²) in [4.78, 5) is 0.532. The molecule has 2 N–H and O–H groups in total. The van der Waals surface area contributed by atoms with E-state index in [1.807, 2.05) is 0 Å². The Balaban J connectivity index is 2.82. The Morgan fingerprint density at radius 1 is 1.80 bits per heavy atom. The monoisotopic (exact) mass is 179 g/mol. The van der Waals surface area contributed by atoms with Gasteiger partial charge in [0.1, 0.15) is 6.17 Å². The number of thiophene rings is 1. The zero-order valence-corrected chi connectivity index (χ0v) is 6.75. The van der Waals surface area contributed by atoms with E-state index in [4.69, 9.17) is 17.3 Å². The van der Waals surface area contributed by atoms with Gasteiger partial charge in [0.2, 0.25) is 0 Å². The maximum absolute atomic E-state index is 12.8. The van der Waals surface area contributed by atoms with Gasteiger partial charge in [0, 0.05) is 6.54 Å². The van der Waals surface area contributed by atoms with Gasteiger partial charge in [-0.15, -0.1) is 11.3 Å². The van der Waals surface area contributed by atoms with Crippen LogP contribution in [0, 0.1) is 0 Å². The molecule has 0 aliphatic carbocycles. The molecular weight excluding hydrogens is 173 g/mol. The topological polar surface area (TPSA) is 26.0 Å². The second-order valence-corrected chi connectivity index (χ2v) is 3.19. The lowest BCUT2D eigenvalue weighted by Gasteiger charge is -2.00. The van der Waals surface area contributed by atoms with Crippen molar-refractivity contribution < 1.29 is 4.39 Å². The Kier molecular flexibility index (Phi) is 2.65. The first-order valence-electron chi connectivity index (χ1n) is 2.82. The van der Waals surface area contributed by atoms with Gasteiger partial charge in [-0.05, 0) is 11.4 Å². The van der Waals surface area contributed by atoms with Crippen molar-refractivity contribution in [1.29, 1.82) is 0 Å². The molecule has 56 valence electrons. The van der Waals surface area contributed by atoms with Crippen LogP contribution in [0.25, 0.3) is 0 Å². The summed E-state index contributed by atoms with van der Waals surface area (Å²) in [5.74, 6) is 0. The minimum absolute atomic E-state index is 0.000231. The molecule has 1 nitrogen and oxygen atoms in total. The molecule has 0 radical (unpaired) electrons. The smallest absolute Gasteiger partial charge is 0.148 e. The van der Waals surface area contributed by atoms with Crippen LogP contribution in [0.4, 0.5) is 4.39 Å². The zero-order valence-electron chi connectivity index (χ0n) is 5.18. The van der Waals surface area contributed by atoms with Crippen LogP contribution in [-0.2, 0) is 0 Å². The van der Waals surface area contributed by atoms with E-state index in [-0.39, 0.29) is 6.54 Å². The number of nitrogens with two attached hydrogens (primary N) is 1. The molecule has 4 heteroatoms. The highest BCUT2D eigenvalue weighted by Crippen LogP contribution is 2.29. The summed E-state index contributed by atoms with van der Waals surface area (Å²) in [5, 5.41) is 2.22. The standard InChI is InChI=1S/C6H7ClFNS/c7-4-1-2-10-6(4)5(8)3-9/h1-2,5H,3,9H2. The molecule has 10 heavy (non-hydrogen) atoms. The van der Waals surface area contributed by atoms with Crippen molar-refractivity contribution in [2.75, 3.05) is 6.54 Å². The molecule has 0 fully saturated rings. The highest BCUT2D eigenvalue weighted by molar-refractivity contribution is 7.10. The lowest BCUT2D eigenvalue weighted by molar-refractivity contribution is 0.359. The Morgan fingerprint density at radius 2 is 2.50 bits per heavy atom. The Hall–Kier alpha value is -0.120. The van der Waals surface area contributed by atoms with Crippen molar-refractivity contribution in [1.82, 2.24) is 0 Å². The van der Waals surface area contributed by atoms with Crippen LogP contribution < -0.4 is 5.73 Å². The summed E-state index contributed by atoms with van der Waals surface area (Å²) in [6.45, 7) is 0.000231. The predicted molar refractivity (Wildman–Crippen MR) is 42.2 cm³/mol. The van der Waals surface area contributed by atoms with Gasteiger partial charge in [0.15, 0.2) is 0 Å². The van der Waals surface area contributed by atoms with Crippen LogP contribution in [0.15, 0.2) is 11.4 Å². The number of halogens is 2. The van der Waals surface area contributed by atoms with Gasteiger partial charge in [-0.25, -0.2) is 4.39 Å². The van der Waals surface area contributed by atoms with E-state index in [9.17, 15) is 4.39 Å². The minimum Gasteiger partial charge on any atom is -0.327 e. The maximum atomic E-state index is 12.8. The van der Waals surface area contributed by atoms with Gasteiger partial charge in [-0.2, -0.15) is 0 Å². The molecule has 0 amide bonds. The van der Waals surface area contributed by atoms with Crippen molar-refractivity contribution in [3.05, 3.63) is 21.3 Å². The summed E-state index contributed by atoms with van der Waals surface area (Å²) in [6, 6.07) is 1.67. The summed E-state index contributed by atoms with van der Waals surface area (Å²) in [7, 11) is 0. The molecule has 0 saturated heterocycles. The van der Waals surface area contributed by atoms with E-state index in [2.05, 4.69) is 0 Å². The Labute approximate surface area is 67.6 Å². The van der Waals surface area contributed by atoms with E-state index in [1.54, 1.807) is 11.4 Å². The number of rotatable bonds is 2. The largest absolute Gasteiger partial charge is 0.327 e. The first-order valence-corrected chi connectivity index (χ1v) is 4.08. The summed E-state index contributed by atoms with van der Waals surface area (Å²) < 4.78 is 12.8. The second kappa shape index (κ2) is 3.32. The molecule has 0 aromatic carbocycles. The van der Waals surface area contributed by atoms with Crippen LogP contribution in [0.1, 0.15) is 11.0 Å². The van der Waals surface area contributed by atoms with Crippen molar-refractivity contribution in [3.8, 4) is 0 Å². The van der Waals surface area contributed by atoms with Gasteiger partial charge in [-0.3, -0.25) is 0 Å². The molecule has 0 spiro atoms. The predicted octanol–water partition coefficient (Wildman–Crippen LogP) is 2.37. The Morgan fingerprint density at radius 3 is 2.90 bits per heavy atom. The second-order valence-electron chi connectivity index (χ2n) is 1.84. The summed E-state index contributed by atoms with van der Waals surface area (Å²) in [6.07, 6.45) is -1.10. The van der Waals surface area contributed by atoms with Crippen LogP contribution in [0.5, 0.6) is 0 Å². The summed E-state index contributed by atoms with van der Waals surface area (Å²) in [5.41, 5.74) is 5.11. The molecule has 1 aromatic rings. The van der Waals surface area contributed by atoms with Crippen LogP contribution in [-0.4, -0.2) is 6.54 Å². The first-order chi connectivity index (χ1) is 4.75. The molecule has 0 aliphatic rings. The van der Waals surface area contributed by atoms with E-state index < -0.39 is 6.17 Å². The first kappa shape index (κ1) is 7.98. The lowest BCUT2D eigenvalue weighted by Crippen LogP contribution is -2.06. The summed E-state index contributed by atoms with van der Waals surface area (Å²) >= 11 is 6.92. The SMILES string of the molecule is NCC(F)c1sccc1Cl. The lowest BCUT2D eigenvalue weighted by atomic mass is 10.3. The van der Waals surface area contributed by atoms with Crippen molar-refractivity contribution in [2.45, 2.75) is 6.17 Å².